The molecule has 1 fully saturated rings. The Hall–Kier alpha value is -2.33. The lowest BCUT2D eigenvalue weighted by molar-refractivity contribution is -0.0523. The first-order chi connectivity index (χ1) is 12.7. The molecular formula is C18H19FN2O5S. The van der Waals surface area contributed by atoms with Crippen LogP contribution in [0, 0.1) is 5.82 Å². The number of ether oxygens (including phenoxy) is 1. The minimum Gasteiger partial charge on any atom is -0.392 e. The van der Waals surface area contributed by atoms with E-state index in [9.17, 15) is 17.6 Å². The summed E-state index contributed by atoms with van der Waals surface area (Å²) in [5.41, 5.74) is -0.200. The van der Waals surface area contributed by atoms with Crippen molar-refractivity contribution in [2.75, 3.05) is 18.5 Å². The minimum absolute atomic E-state index is 0.0431. The summed E-state index contributed by atoms with van der Waals surface area (Å²) in [7, 11) is -3.82. The Labute approximate surface area is 156 Å². The van der Waals surface area contributed by atoms with Crippen LogP contribution in [0.2, 0.25) is 0 Å². The van der Waals surface area contributed by atoms with Gasteiger partial charge in [0.05, 0.1) is 30.3 Å². The van der Waals surface area contributed by atoms with Gasteiger partial charge in [0.25, 0.3) is 5.91 Å². The van der Waals surface area contributed by atoms with Crippen molar-refractivity contribution >= 4 is 21.6 Å². The van der Waals surface area contributed by atoms with Crippen molar-refractivity contribution in [3.63, 3.8) is 0 Å². The van der Waals surface area contributed by atoms with Gasteiger partial charge in [-0.05, 0) is 43.3 Å². The number of halogens is 1. The number of hydrogen-bond donors (Lipinski definition) is 3. The first-order valence-corrected chi connectivity index (χ1v) is 9.63. The van der Waals surface area contributed by atoms with Gasteiger partial charge in [-0.2, -0.15) is 0 Å². The number of anilines is 1. The molecule has 0 radical (unpaired) electrons. The van der Waals surface area contributed by atoms with Gasteiger partial charge in [-0.25, -0.2) is 17.5 Å². The van der Waals surface area contributed by atoms with Crippen LogP contribution >= 0.6 is 0 Å². The lowest BCUT2D eigenvalue weighted by Crippen LogP contribution is -2.59. The summed E-state index contributed by atoms with van der Waals surface area (Å²) >= 11 is 0. The molecule has 3 N–H and O–H groups in total. The molecule has 0 spiro atoms. The minimum atomic E-state index is -3.82. The van der Waals surface area contributed by atoms with Gasteiger partial charge in [0.15, 0.2) is 0 Å². The van der Waals surface area contributed by atoms with Gasteiger partial charge in [-0.15, -0.1) is 0 Å². The molecule has 0 atom stereocenters. The molecule has 9 heteroatoms. The molecule has 0 unspecified atom stereocenters. The predicted molar refractivity (Wildman–Crippen MR) is 96.3 cm³/mol. The lowest BCUT2D eigenvalue weighted by atomic mass is 10.0. The number of carbonyl (C=O) groups is 1. The highest BCUT2D eigenvalue weighted by molar-refractivity contribution is 7.89. The number of benzene rings is 2. The summed E-state index contributed by atoms with van der Waals surface area (Å²) in [6, 6.07) is 9.39. The van der Waals surface area contributed by atoms with Crippen LogP contribution in [0.5, 0.6) is 0 Å². The normalized spacial score (nSPS) is 15.8. The van der Waals surface area contributed by atoms with Gasteiger partial charge in [0.2, 0.25) is 10.0 Å². The fourth-order valence-corrected chi connectivity index (χ4v) is 4.06. The zero-order valence-electron chi connectivity index (χ0n) is 14.5. The standard InChI is InChI=1S/C18H19FN2O5S/c1-18(10-26-11-18)21-27(24,25)15-4-2-3-12(8-15)17(23)20-14-5-6-16(19)13(7-14)9-22/h2-8,21-22H,9-11H2,1H3,(H,20,23). The molecule has 1 amide bonds. The summed E-state index contributed by atoms with van der Waals surface area (Å²) < 4.78 is 46.1. The zero-order valence-corrected chi connectivity index (χ0v) is 15.3. The molecule has 144 valence electrons. The van der Waals surface area contributed by atoms with E-state index < -0.39 is 33.9 Å². The van der Waals surface area contributed by atoms with Crippen LogP contribution in [0.3, 0.4) is 0 Å². The second-order valence-electron chi connectivity index (χ2n) is 6.61. The van der Waals surface area contributed by atoms with Crippen molar-refractivity contribution < 1.29 is 27.4 Å². The Morgan fingerprint density at radius 2 is 2.00 bits per heavy atom. The molecule has 1 heterocycles. The third-order valence-corrected chi connectivity index (χ3v) is 5.74. The number of aliphatic hydroxyl groups excluding tert-OH is 1. The molecule has 0 aliphatic carbocycles. The van der Waals surface area contributed by atoms with Crippen LogP contribution in [-0.2, 0) is 21.4 Å². The first-order valence-electron chi connectivity index (χ1n) is 8.15. The van der Waals surface area contributed by atoms with E-state index in [4.69, 9.17) is 9.84 Å². The molecule has 1 aliphatic heterocycles. The Kier molecular flexibility index (Phi) is 5.29. The zero-order chi connectivity index (χ0) is 19.7. The predicted octanol–water partition coefficient (Wildman–Crippen LogP) is 1.64. The first kappa shape index (κ1) is 19.4. The van der Waals surface area contributed by atoms with Gasteiger partial charge in [0.1, 0.15) is 5.82 Å². The number of nitrogens with one attached hydrogen (secondary N) is 2. The van der Waals surface area contributed by atoms with Gasteiger partial charge < -0.3 is 15.2 Å². The average Bonchev–Trinajstić information content (AvgIpc) is 2.61. The van der Waals surface area contributed by atoms with Crippen LogP contribution < -0.4 is 10.0 Å². The molecule has 0 aromatic heterocycles. The third kappa shape index (κ3) is 4.33. The molecular weight excluding hydrogens is 375 g/mol. The van der Waals surface area contributed by atoms with E-state index >= 15 is 0 Å². The summed E-state index contributed by atoms with van der Waals surface area (Å²) in [5, 5.41) is 11.7. The maximum Gasteiger partial charge on any atom is 0.255 e. The number of aliphatic hydroxyl groups is 1. The molecule has 1 aliphatic rings. The largest absolute Gasteiger partial charge is 0.392 e. The third-order valence-electron chi connectivity index (χ3n) is 4.10. The molecule has 2 aromatic rings. The van der Waals surface area contributed by atoms with Crippen molar-refractivity contribution in [3.8, 4) is 0 Å². The van der Waals surface area contributed by atoms with E-state index in [1.54, 1.807) is 6.92 Å². The molecule has 3 rings (SSSR count). The smallest absolute Gasteiger partial charge is 0.255 e. The van der Waals surface area contributed by atoms with Crippen LogP contribution in [0.4, 0.5) is 10.1 Å². The van der Waals surface area contributed by atoms with Gasteiger partial charge >= 0.3 is 0 Å². The Bertz CT molecular complexity index is 973. The summed E-state index contributed by atoms with van der Waals surface area (Å²) in [6.07, 6.45) is 0. The second kappa shape index (κ2) is 7.35. The Morgan fingerprint density at radius 1 is 1.26 bits per heavy atom. The highest BCUT2D eigenvalue weighted by atomic mass is 32.2. The fourth-order valence-electron chi connectivity index (χ4n) is 2.63. The monoisotopic (exact) mass is 394 g/mol. The molecule has 7 nitrogen and oxygen atoms in total. The van der Waals surface area contributed by atoms with Crippen LogP contribution in [0.15, 0.2) is 47.4 Å². The van der Waals surface area contributed by atoms with E-state index in [2.05, 4.69) is 10.0 Å². The molecule has 2 aromatic carbocycles. The number of rotatable bonds is 6. The molecule has 27 heavy (non-hydrogen) atoms. The van der Waals surface area contributed by atoms with Crippen LogP contribution in [0.1, 0.15) is 22.8 Å². The van der Waals surface area contributed by atoms with E-state index in [0.29, 0.717) is 0 Å². The maximum absolute atomic E-state index is 13.4. The summed E-state index contributed by atoms with van der Waals surface area (Å²) in [5.74, 6) is -1.14. The van der Waals surface area contributed by atoms with Crippen LogP contribution in [0.25, 0.3) is 0 Å². The Balaban J connectivity index is 1.79. The fraction of sp³-hybridized carbons (Fsp3) is 0.278. The lowest BCUT2D eigenvalue weighted by Gasteiger charge is -2.38. The second-order valence-corrected chi connectivity index (χ2v) is 8.29. The van der Waals surface area contributed by atoms with E-state index in [1.807, 2.05) is 0 Å². The van der Waals surface area contributed by atoms with E-state index in [-0.39, 0.29) is 34.9 Å². The number of amides is 1. The van der Waals surface area contributed by atoms with Crippen molar-refractivity contribution in [2.45, 2.75) is 24.0 Å². The van der Waals surface area contributed by atoms with Crippen molar-refractivity contribution in [1.29, 1.82) is 0 Å². The Morgan fingerprint density at radius 3 is 2.63 bits per heavy atom. The summed E-state index contributed by atoms with van der Waals surface area (Å²) in [4.78, 5) is 12.4. The summed E-state index contributed by atoms with van der Waals surface area (Å²) in [6.45, 7) is 1.80. The molecule has 0 saturated carbocycles. The average molecular weight is 394 g/mol. The highest BCUT2D eigenvalue weighted by Gasteiger charge is 2.37. The SMILES string of the molecule is CC1(NS(=O)(=O)c2cccc(C(=O)Nc3ccc(F)c(CO)c3)c2)COC1. The number of hydrogen-bond acceptors (Lipinski definition) is 5. The molecule has 1 saturated heterocycles. The topological polar surface area (TPSA) is 105 Å². The molecule has 0 bridgehead atoms. The van der Waals surface area contributed by atoms with E-state index in [1.165, 1.54) is 36.4 Å². The van der Waals surface area contributed by atoms with Gasteiger partial charge in [0, 0.05) is 16.8 Å². The van der Waals surface area contributed by atoms with Crippen LogP contribution in [-0.4, -0.2) is 38.2 Å². The number of carbonyl (C=O) groups excluding carboxylic acids is 1. The highest BCUT2D eigenvalue weighted by Crippen LogP contribution is 2.21. The van der Waals surface area contributed by atoms with Gasteiger partial charge in [-0.1, -0.05) is 6.07 Å². The van der Waals surface area contributed by atoms with Crippen molar-refractivity contribution in [2.24, 2.45) is 0 Å². The quantitative estimate of drug-likeness (QED) is 0.691. The van der Waals surface area contributed by atoms with E-state index in [0.717, 1.165) is 6.07 Å². The van der Waals surface area contributed by atoms with Crippen molar-refractivity contribution in [3.05, 3.63) is 59.4 Å². The van der Waals surface area contributed by atoms with Crippen molar-refractivity contribution in [1.82, 2.24) is 4.72 Å². The van der Waals surface area contributed by atoms with Gasteiger partial charge in [-0.3, -0.25) is 4.79 Å². The number of sulfonamides is 1. The maximum atomic E-state index is 13.4.